The number of carbonyl (C=O) groups is 1. The lowest BCUT2D eigenvalue weighted by Crippen LogP contribution is -2.32. The fraction of sp³-hybridized carbons (Fsp3) is 0.0769. The fourth-order valence-corrected chi connectivity index (χ4v) is 4.04. The van der Waals surface area contributed by atoms with Crippen LogP contribution in [0.25, 0.3) is 0 Å². The molecule has 0 saturated heterocycles. The molecule has 1 aromatic heterocycles. The largest absolute Gasteiger partial charge is 0.419 e. The van der Waals surface area contributed by atoms with Crippen LogP contribution >= 0.6 is 34.8 Å². The van der Waals surface area contributed by atoms with E-state index in [9.17, 15) is 26.4 Å². The van der Waals surface area contributed by atoms with E-state index in [1.165, 1.54) is 0 Å². The summed E-state index contributed by atoms with van der Waals surface area (Å²) in [6.45, 7) is 0. The summed E-state index contributed by atoms with van der Waals surface area (Å²) in [7, 11) is -4.91. The van der Waals surface area contributed by atoms with E-state index in [2.05, 4.69) is 4.98 Å². The van der Waals surface area contributed by atoms with Crippen molar-refractivity contribution >= 4 is 56.4 Å². The van der Waals surface area contributed by atoms with E-state index in [1.807, 2.05) is 0 Å². The highest BCUT2D eigenvalue weighted by Crippen LogP contribution is 2.42. The molecule has 4 N–H and O–H groups in total. The Morgan fingerprint density at radius 1 is 1.11 bits per heavy atom. The van der Waals surface area contributed by atoms with Crippen LogP contribution in [0.5, 0.6) is 0 Å². The second kappa shape index (κ2) is 7.68. The molecular weight excluding hydrogens is 456 g/mol. The van der Waals surface area contributed by atoms with Crippen molar-refractivity contribution in [1.29, 1.82) is 0 Å². The molecule has 0 atom stereocenters. The van der Waals surface area contributed by atoms with E-state index >= 15 is 0 Å². The first-order chi connectivity index (χ1) is 12.4. The van der Waals surface area contributed by atoms with Crippen LogP contribution in [0.3, 0.4) is 0 Å². The van der Waals surface area contributed by atoms with Crippen LogP contribution in [0.2, 0.25) is 15.1 Å². The monoisotopic (exact) mass is 462 g/mol. The maximum absolute atomic E-state index is 13.3. The summed E-state index contributed by atoms with van der Waals surface area (Å²) in [5.74, 6) is 3.95. The minimum Gasteiger partial charge on any atom is -0.289 e. The Hall–Kier alpha value is -1.79. The number of sulfonamides is 1. The lowest BCUT2D eigenvalue weighted by Gasteiger charge is -2.17. The smallest absolute Gasteiger partial charge is 0.289 e. The number of hydrogen-bond acceptors (Lipinski definition) is 5. The number of rotatable bonds is 4. The molecule has 0 fully saturated rings. The van der Waals surface area contributed by atoms with Gasteiger partial charge in [-0.3, -0.25) is 14.9 Å². The van der Waals surface area contributed by atoms with Gasteiger partial charge in [-0.15, -0.1) is 0 Å². The van der Waals surface area contributed by atoms with E-state index in [0.29, 0.717) is 6.07 Å². The van der Waals surface area contributed by atoms with Crippen LogP contribution in [0, 0.1) is 0 Å². The number of alkyl halides is 3. The molecule has 27 heavy (non-hydrogen) atoms. The van der Waals surface area contributed by atoms with Crippen molar-refractivity contribution in [3.05, 3.63) is 50.7 Å². The minimum atomic E-state index is -5.14. The highest BCUT2D eigenvalue weighted by molar-refractivity contribution is 7.92. The first-order valence-electron chi connectivity index (χ1n) is 6.63. The summed E-state index contributed by atoms with van der Waals surface area (Å²) in [5.41, 5.74) is -1.08. The topological polar surface area (TPSA) is 114 Å². The number of aromatic nitrogens is 1. The average molecular weight is 464 g/mol. The van der Waals surface area contributed by atoms with Crippen molar-refractivity contribution < 1.29 is 26.4 Å². The number of anilines is 1. The zero-order valence-corrected chi connectivity index (χ0v) is 15.8. The SMILES string of the molecule is NNC(=O)c1nccc(Cl)c1NS(=O)(=O)c1ccc(Cl)c(Cl)c1C(F)(F)F. The van der Waals surface area contributed by atoms with Crippen molar-refractivity contribution in [3.63, 3.8) is 0 Å². The third-order valence-corrected chi connectivity index (χ3v) is 5.62. The number of nitrogen functional groups attached to an aromatic ring is 1. The molecule has 2 rings (SSSR count). The second-order valence-electron chi connectivity index (χ2n) is 4.83. The zero-order chi connectivity index (χ0) is 20.6. The fourth-order valence-electron chi connectivity index (χ4n) is 1.99. The van der Waals surface area contributed by atoms with Gasteiger partial charge in [0.2, 0.25) is 0 Å². The molecular formula is C13H8Cl3F3N4O3S. The van der Waals surface area contributed by atoms with Crippen molar-refractivity contribution in [2.75, 3.05) is 4.72 Å². The Kier molecular flexibility index (Phi) is 6.12. The van der Waals surface area contributed by atoms with E-state index < -0.39 is 54.0 Å². The predicted octanol–water partition coefficient (Wildman–Crippen LogP) is 3.46. The van der Waals surface area contributed by atoms with Crippen LogP contribution in [-0.4, -0.2) is 19.3 Å². The van der Waals surface area contributed by atoms with E-state index in [-0.39, 0.29) is 5.02 Å². The standard InChI is InChI=1S/C13H8Cl3F3N4O3S/c14-5-1-2-7(8(9(5)16)13(17,18)19)27(25,26)23-10-6(15)3-4-21-11(10)12(24)22-20/h1-4,23H,20H2,(H,22,24). The summed E-state index contributed by atoms with van der Waals surface area (Å²) in [5, 5.41) is -1.80. The number of hydrazine groups is 1. The van der Waals surface area contributed by atoms with Crippen LogP contribution in [0.15, 0.2) is 29.3 Å². The molecule has 7 nitrogen and oxygen atoms in total. The number of benzene rings is 1. The molecule has 0 bridgehead atoms. The van der Waals surface area contributed by atoms with Gasteiger partial charge in [-0.2, -0.15) is 13.2 Å². The summed E-state index contributed by atoms with van der Waals surface area (Å²) in [6, 6.07) is 2.62. The molecule has 14 heteroatoms. The molecule has 1 amide bonds. The molecule has 146 valence electrons. The molecule has 1 aromatic carbocycles. The van der Waals surface area contributed by atoms with Crippen LogP contribution in [0.4, 0.5) is 18.9 Å². The molecule has 0 unspecified atom stereocenters. The molecule has 2 aromatic rings. The third-order valence-electron chi connectivity index (χ3n) is 3.11. The maximum atomic E-state index is 13.3. The Morgan fingerprint density at radius 3 is 2.30 bits per heavy atom. The lowest BCUT2D eigenvalue weighted by atomic mass is 10.2. The van der Waals surface area contributed by atoms with Crippen molar-refractivity contribution in [2.24, 2.45) is 5.84 Å². The number of nitrogens with two attached hydrogens (primary N) is 1. The number of hydrogen-bond donors (Lipinski definition) is 3. The van der Waals surface area contributed by atoms with Gasteiger partial charge in [-0.05, 0) is 18.2 Å². The molecule has 0 spiro atoms. The average Bonchev–Trinajstić information content (AvgIpc) is 2.56. The molecule has 0 aliphatic heterocycles. The number of nitrogens with zero attached hydrogens (tertiary/aromatic N) is 1. The summed E-state index contributed by atoms with van der Waals surface area (Å²) in [6.07, 6.45) is -4.06. The minimum absolute atomic E-state index is 0.305. The molecule has 0 aliphatic carbocycles. The number of amides is 1. The van der Waals surface area contributed by atoms with Gasteiger partial charge < -0.3 is 0 Å². The second-order valence-corrected chi connectivity index (χ2v) is 7.67. The Bertz CT molecular complexity index is 1020. The van der Waals surface area contributed by atoms with Crippen LogP contribution in [-0.2, 0) is 16.2 Å². The highest BCUT2D eigenvalue weighted by atomic mass is 35.5. The highest BCUT2D eigenvalue weighted by Gasteiger charge is 2.41. The summed E-state index contributed by atoms with van der Waals surface area (Å²) < 4.78 is 67.0. The predicted molar refractivity (Wildman–Crippen MR) is 93.2 cm³/mol. The number of halogens is 6. The number of carbonyl (C=O) groups excluding carboxylic acids is 1. The van der Waals surface area contributed by atoms with Crippen molar-refractivity contribution in [1.82, 2.24) is 10.4 Å². The Labute approximate surface area is 165 Å². The van der Waals surface area contributed by atoms with E-state index in [1.54, 1.807) is 10.1 Å². The van der Waals surface area contributed by atoms with Crippen molar-refractivity contribution in [3.8, 4) is 0 Å². The summed E-state index contributed by atoms with van der Waals surface area (Å²) >= 11 is 17.0. The first kappa shape index (κ1) is 21.5. The normalized spacial score (nSPS) is 12.0. The van der Waals surface area contributed by atoms with E-state index in [0.717, 1.165) is 18.3 Å². The van der Waals surface area contributed by atoms with Gasteiger partial charge in [-0.25, -0.2) is 19.2 Å². The van der Waals surface area contributed by atoms with E-state index in [4.69, 9.17) is 40.6 Å². The Balaban J connectivity index is 2.68. The van der Waals surface area contributed by atoms with Gasteiger partial charge in [0.15, 0.2) is 5.69 Å². The van der Waals surface area contributed by atoms with Crippen LogP contribution < -0.4 is 16.0 Å². The molecule has 0 radical (unpaired) electrons. The quantitative estimate of drug-likeness (QED) is 0.365. The van der Waals surface area contributed by atoms with Crippen molar-refractivity contribution in [2.45, 2.75) is 11.1 Å². The van der Waals surface area contributed by atoms with Gasteiger partial charge in [0.25, 0.3) is 15.9 Å². The molecule has 0 saturated carbocycles. The summed E-state index contributed by atoms with van der Waals surface area (Å²) in [4.78, 5) is 14.1. The maximum Gasteiger partial charge on any atom is 0.419 e. The molecule has 1 heterocycles. The Morgan fingerprint density at radius 2 is 1.74 bits per heavy atom. The lowest BCUT2D eigenvalue weighted by molar-refractivity contribution is -0.139. The first-order valence-corrected chi connectivity index (χ1v) is 9.25. The zero-order valence-electron chi connectivity index (χ0n) is 12.7. The van der Waals surface area contributed by atoms with Gasteiger partial charge in [0, 0.05) is 6.20 Å². The van der Waals surface area contributed by atoms with Gasteiger partial charge >= 0.3 is 6.18 Å². The molecule has 0 aliphatic rings. The van der Waals surface area contributed by atoms with Gasteiger partial charge in [0.1, 0.15) is 4.90 Å². The third kappa shape index (κ3) is 4.38. The van der Waals surface area contributed by atoms with Gasteiger partial charge in [0.05, 0.1) is 26.3 Å². The van der Waals surface area contributed by atoms with Gasteiger partial charge in [-0.1, -0.05) is 34.8 Å². The van der Waals surface area contributed by atoms with Crippen LogP contribution in [0.1, 0.15) is 16.1 Å². The number of pyridine rings is 1. The number of nitrogens with one attached hydrogen (secondary N) is 2.